The molecule has 1 aromatic heterocycles. The van der Waals surface area contributed by atoms with E-state index in [1.165, 1.54) is 0 Å². The number of aromatic hydroxyl groups is 1. The molecule has 1 heterocycles. The van der Waals surface area contributed by atoms with Gasteiger partial charge in [0.2, 0.25) is 0 Å². The van der Waals surface area contributed by atoms with Crippen LogP contribution in [0.15, 0.2) is 15.8 Å². The molecule has 2 N–H and O–H groups in total. The minimum atomic E-state index is -1.10. The van der Waals surface area contributed by atoms with E-state index >= 15 is 0 Å². The van der Waals surface area contributed by atoms with Crippen molar-refractivity contribution in [2.75, 3.05) is 0 Å². The van der Waals surface area contributed by atoms with Crippen LogP contribution in [0.3, 0.4) is 0 Å². The predicted molar refractivity (Wildman–Crippen MR) is 60.3 cm³/mol. The Bertz CT molecular complexity index is 408. The largest absolute Gasteiger partial charge is 0.480 e. The molecule has 16 heavy (non-hydrogen) atoms. The number of aliphatic carboxylic acids is 1. The average molecular weight is 244 g/mol. The number of nitrogens with zero attached hydrogens (tertiary/aromatic N) is 2. The normalized spacial score (nSPS) is 14.2. The standard InChI is InChI=1S/C9H12N2O4S/c1-9(2,16)6(7(12)13)10-3-5-8(14)15-4-11-5/h3-4,6,14,16H,1-2H3,(H,12,13)/t6-/m1/s1. The summed E-state index contributed by atoms with van der Waals surface area (Å²) in [4.78, 5) is 18.4. The van der Waals surface area contributed by atoms with E-state index < -0.39 is 22.7 Å². The highest BCUT2D eigenvalue weighted by Gasteiger charge is 2.31. The van der Waals surface area contributed by atoms with Gasteiger partial charge in [0.15, 0.2) is 18.1 Å². The van der Waals surface area contributed by atoms with Gasteiger partial charge in [-0.3, -0.25) is 4.99 Å². The number of hydrogen-bond donors (Lipinski definition) is 3. The maximum absolute atomic E-state index is 10.9. The molecule has 6 nitrogen and oxygen atoms in total. The smallest absolute Gasteiger partial charge is 0.329 e. The van der Waals surface area contributed by atoms with Gasteiger partial charge in [0.25, 0.3) is 0 Å². The molecular formula is C9H12N2O4S. The van der Waals surface area contributed by atoms with Crippen LogP contribution < -0.4 is 0 Å². The molecule has 0 saturated heterocycles. The second kappa shape index (κ2) is 4.56. The number of carbonyl (C=O) groups is 1. The van der Waals surface area contributed by atoms with E-state index in [-0.39, 0.29) is 5.69 Å². The van der Waals surface area contributed by atoms with E-state index in [1.54, 1.807) is 13.8 Å². The van der Waals surface area contributed by atoms with Crippen LogP contribution in [-0.2, 0) is 4.79 Å². The minimum Gasteiger partial charge on any atom is -0.480 e. The molecule has 0 aromatic carbocycles. The quantitative estimate of drug-likeness (QED) is 0.541. The highest BCUT2D eigenvalue weighted by molar-refractivity contribution is 7.81. The Balaban J connectivity index is 2.89. The van der Waals surface area contributed by atoms with Gasteiger partial charge in [-0.1, -0.05) is 0 Å². The Morgan fingerprint density at radius 3 is 2.75 bits per heavy atom. The molecule has 1 rings (SSSR count). The highest BCUT2D eigenvalue weighted by atomic mass is 32.1. The van der Waals surface area contributed by atoms with Crippen LogP contribution in [-0.4, -0.2) is 38.2 Å². The molecule has 0 radical (unpaired) electrons. The lowest BCUT2D eigenvalue weighted by Crippen LogP contribution is -2.36. The van der Waals surface area contributed by atoms with Gasteiger partial charge in [0.1, 0.15) is 0 Å². The van der Waals surface area contributed by atoms with Crippen LogP contribution in [0.1, 0.15) is 19.5 Å². The predicted octanol–water partition coefficient (Wildman–Crippen LogP) is 0.961. The molecule has 0 unspecified atom stereocenters. The molecule has 0 aliphatic heterocycles. The van der Waals surface area contributed by atoms with Gasteiger partial charge in [0.05, 0.1) is 6.21 Å². The summed E-state index contributed by atoms with van der Waals surface area (Å²) in [6, 6.07) is -1.04. The second-order valence-electron chi connectivity index (χ2n) is 3.72. The minimum absolute atomic E-state index is 0.0869. The molecule has 88 valence electrons. The lowest BCUT2D eigenvalue weighted by atomic mass is 10.0. The number of hydrogen-bond acceptors (Lipinski definition) is 6. The van der Waals surface area contributed by atoms with Crippen LogP contribution >= 0.6 is 12.6 Å². The average Bonchev–Trinajstić information content (AvgIpc) is 2.49. The van der Waals surface area contributed by atoms with Crippen molar-refractivity contribution in [3.05, 3.63) is 12.1 Å². The molecule has 0 aliphatic carbocycles. The maximum atomic E-state index is 10.9. The van der Waals surface area contributed by atoms with E-state index in [9.17, 15) is 4.79 Å². The van der Waals surface area contributed by atoms with E-state index in [2.05, 4.69) is 27.0 Å². The van der Waals surface area contributed by atoms with Gasteiger partial charge >= 0.3 is 11.9 Å². The third-order valence-corrected chi connectivity index (χ3v) is 2.07. The van der Waals surface area contributed by atoms with Gasteiger partial charge in [0, 0.05) is 4.75 Å². The molecule has 0 spiro atoms. The molecule has 0 amide bonds. The molecule has 1 aromatic rings. The molecule has 1 atom stereocenters. The summed E-state index contributed by atoms with van der Waals surface area (Å²) in [6.45, 7) is 3.27. The van der Waals surface area contributed by atoms with Crippen LogP contribution in [0.2, 0.25) is 0 Å². The summed E-state index contributed by atoms with van der Waals surface area (Å²) in [5, 5.41) is 18.1. The Labute approximate surface area is 97.4 Å². The van der Waals surface area contributed by atoms with Crippen molar-refractivity contribution in [1.82, 2.24) is 4.98 Å². The van der Waals surface area contributed by atoms with Crippen LogP contribution in [0, 0.1) is 0 Å². The Hall–Kier alpha value is -1.50. The zero-order chi connectivity index (χ0) is 12.3. The Morgan fingerprint density at radius 1 is 1.75 bits per heavy atom. The molecule has 0 saturated carbocycles. The molecule has 0 bridgehead atoms. The fourth-order valence-corrected chi connectivity index (χ4v) is 1.21. The Morgan fingerprint density at radius 2 is 2.38 bits per heavy atom. The Kier molecular flexibility index (Phi) is 3.58. The SMILES string of the molecule is CC(C)(S)[C@H](N=Cc1ncoc1O)C(=O)O. The number of aliphatic imine (C=N–C) groups is 1. The fraction of sp³-hybridized carbons (Fsp3) is 0.444. The zero-order valence-corrected chi connectivity index (χ0v) is 9.68. The highest BCUT2D eigenvalue weighted by Crippen LogP contribution is 2.21. The van der Waals surface area contributed by atoms with Gasteiger partial charge in [-0.15, -0.1) is 0 Å². The van der Waals surface area contributed by atoms with Gasteiger partial charge in [-0.25, -0.2) is 9.78 Å². The van der Waals surface area contributed by atoms with Crippen molar-refractivity contribution < 1.29 is 19.4 Å². The number of aromatic nitrogens is 1. The summed E-state index contributed by atoms with van der Waals surface area (Å²) < 4.78 is 3.71. The van der Waals surface area contributed by atoms with E-state index in [1.807, 2.05) is 0 Å². The maximum Gasteiger partial charge on any atom is 0.329 e. The van der Waals surface area contributed by atoms with Crippen LogP contribution in [0.25, 0.3) is 0 Å². The van der Waals surface area contributed by atoms with Crippen molar-refractivity contribution in [3.63, 3.8) is 0 Å². The molecule has 0 fully saturated rings. The van der Waals surface area contributed by atoms with E-state index in [0.717, 1.165) is 12.6 Å². The zero-order valence-electron chi connectivity index (χ0n) is 8.78. The first-order valence-corrected chi connectivity index (χ1v) is 4.88. The van der Waals surface area contributed by atoms with E-state index in [0.29, 0.717) is 0 Å². The molecule has 7 heteroatoms. The topological polar surface area (TPSA) is 95.9 Å². The molecular weight excluding hydrogens is 232 g/mol. The van der Waals surface area contributed by atoms with Crippen molar-refractivity contribution in [3.8, 4) is 5.95 Å². The van der Waals surface area contributed by atoms with Crippen LogP contribution in [0.5, 0.6) is 5.95 Å². The summed E-state index contributed by atoms with van der Waals surface area (Å²) in [6.07, 6.45) is 2.19. The number of thiol groups is 1. The summed E-state index contributed by atoms with van der Waals surface area (Å²) in [5.41, 5.74) is 0.0869. The second-order valence-corrected chi connectivity index (χ2v) is 4.87. The first-order valence-electron chi connectivity index (χ1n) is 4.43. The fourth-order valence-electron chi connectivity index (χ4n) is 1.03. The number of oxazole rings is 1. The monoisotopic (exact) mass is 244 g/mol. The third kappa shape index (κ3) is 2.99. The van der Waals surface area contributed by atoms with Crippen molar-refractivity contribution in [2.45, 2.75) is 24.6 Å². The first-order chi connectivity index (χ1) is 7.32. The third-order valence-electron chi connectivity index (χ3n) is 1.82. The number of carboxylic acids is 1. The summed E-state index contributed by atoms with van der Waals surface area (Å²) >= 11 is 4.15. The van der Waals surface area contributed by atoms with Gasteiger partial charge < -0.3 is 14.6 Å². The van der Waals surface area contributed by atoms with Crippen LogP contribution in [0.4, 0.5) is 0 Å². The van der Waals surface area contributed by atoms with Crippen molar-refractivity contribution in [1.29, 1.82) is 0 Å². The van der Waals surface area contributed by atoms with Crippen molar-refractivity contribution >= 4 is 24.8 Å². The lowest BCUT2D eigenvalue weighted by molar-refractivity contribution is -0.138. The van der Waals surface area contributed by atoms with Gasteiger partial charge in [-0.05, 0) is 13.8 Å². The van der Waals surface area contributed by atoms with Crippen molar-refractivity contribution in [2.24, 2.45) is 4.99 Å². The van der Waals surface area contributed by atoms with Gasteiger partial charge in [-0.2, -0.15) is 12.6 Å². The summed E-state index contributed by atoms with van der Waals surface area (Å²) in [5.74, 6) is -1.50. The lowest BCUT2D eigenvalue weighted by Gasteiger charge is -2.21. The summed E-state index contributed by atoms with van der Waals surface area (Å²) in [7, 11) is 0. The first kappa shape index (κ1) is 12.6. The van der Waals surface area contributed by atoms with E-state index in [4.69, 9.17) is 10.2 Å². The molecule has 0 aliphatic rings. The number of carboxylic acid groups (broad SMARTS) is 1. The number of rotatable bonds is 4.